The number of aryl methyl sites for hydroxylation is 1. The van der Waals surface area contributed by atoms with Gasteiger partial charge in [0.1, 0.15) is 5.82 Å². The average molecular weight is 297 g/mol. The van der Waals surface area contributed by atoms with Gasteiger partial charge in [-0.05, 0) is 12.1 Å². The minimum absolute atomic E-state index is 0.284. The second kappa shape index (κ2) is 5.57. The number of nitro groups is 1. The highest BCUT2D eigenvalue weighted by molar-refractivity contribution is 5.75. The molecule has 0 spiro atoms. The Morgan fingerprint density at radius 3 is 2.41 bits per heavy atom. The van der Waals surface area contributed by atoms with Gasteiger partial charge in [-0.3, -0.25) is 10.1 Å². The number of para-hydroxylation sites is 2. The SMILES string of the molecule is Cn1c(C(O)C(c2ccccc2)[N+](=O)[O-])nc2ccccc21. The van der Waals surface area contributed by atoms with E-state index in [1.807, 2.05) is 24.3 Å². The zero-order valence-electron chi connectivity index (χ0n) is 12.0. The number of imidazole rings is 1. The zero-order chi connectivity index (χ0) is 15.7. The van der Waals surface area contributed by atoms with Gasteiger partial charge in [-0.2, -0.15) is 0 Å². The maximum atomic E-state index is 11.4. The Labute approximate surface area is 126 Å². The Morgan fingerprint density at radius 1 is 1.14 bits per heavy atom. The van der Waals surface area contributed by atoms with Gasteiger partial charge in [0.15, 0.2) is 6.10 Å². The van der Waals surface area contributed by atoms with Gasteiger partial charge >= 0.3 is 0 Å². The lowest BCUT2D eigenvalue weighted by Gasteiger charge is -2.16. The molecule has 0 saturated heterocycles. The molecule has 0 saturated carbocycles. The Bertz CT molecular complexity index is 814. The smallest absolute Gasteiger partial charge is 0.270 e. The molecule has 6 nitrogen and oxygen atoms in total. The van der Waals surface area contributed by atoms with Crippen molar-refractivity contribution in [3.8, 4) is 0 Å². The number of aromatic nitrogens is 2. The third-order valence-corrected chi connectivity index (χ3v) is 3.75. The van der Waals surface area contributed by atoms with Gasteiger partial charge in [-0.1, -0.05) is 42.5 Å². The van der Waals surface area contributed by atoms with E-state index in [0.29, 0.717) is 11.1 Å². The predicted molar refractivity (Wildman–Crippen MR) is 81.9 cm³/mol. The van der Waals surface area contributed by atoms with E-state index < -0.39 is 17.1 Å². The van der Waals surface area contributed by atoms with E-state index >= 15 is 0 Å². The monoisotopic (exact) mass is 297 g/mol. The van der Waals surface area contributed by atoms with Crippen LogP contribution in [0.4, 0.5) is 0 Å². The first-order valence-electron chi connectivity index (χ1n) is 6.87. The highest BCUT2D eigenvalue weighted by Crippen LogP contribution is 2.32. The van der Waals surface area contributed by atoms with Gasteiger partial charge in [0.05, 0.1) is 11.0 Å². The van der Waals surface area contributed by atoms with Gasteiger partial charge in [0, 0.05) is 17.5 Å². The van der Waals surface area contributed by atoms with E-state index in [9.17, 15) is 15.2 Å². The number of nitrogens with zero attached hydrogens (tertiary/aromatic N) is 3. The summed E-state index contributed by atoms with van der Waals surface area (Å²) < 4.78 is 1.69. The van der Waals surface area contributed by atoms with E-state index in [-0.39, 0.29) is 5.82 Å². The molecule has 0 radical (unpaired) electrons. The Hall–Kier alpha value is -2.73. The van der Waals surface area contributed by atoms with Crippen LogP contribution in [0, 0.1) is 10.1 Å². The summed E-state index contributed by atoms with van der Waals surface area (Å²) >= 11 is 0. The molecule has 0 bridgehead atoms. The number of hydrogen-bond acceptors (Lipinski definition) is 4. The summed E-state index contributed by atoms with van der Waals surface area (Å²) in [4.78, 5) is 15.3. The topological polar surface area (TPSA) is 81.2 Å². The number of rotatable bonds is 4. The van der Waals surface area contributed by atoms with E-state index in [4.69, 9.17) is 0 Å². The molecule has 112 valence electrons. The molecular weight excluding hydrogens is 282 g/mol. The van der Waals surface area contributed by atoms with Crippen LogP contribution < -0.4 is 0 Å². The zero-order valence-corrected chi connectivity index (χ0v) is 12.0. The molecular formula is C16H15N3O3. The maximum Gasteiger partial charge on any atom is 0.270 e. The molecule has 22 heavy (non-hydrogen) atoms. The minimum Gasteiger partial charge on any atom is -0.378 e. The lowest BCUT2D eigenvalue weighted by Crippen LogP contribution is -2.21. The fraction of sp³-hybridized carbons (Fsp3) is 0.188. The van der Waals surface area contributed by atoms with Crippen LogP contribution in [0.1, 0.15) is 23.5 Å². The van der Waals surface area contributed by atoms with Crippen molar-refractivity contribution < 1.29 is 10.0 Å². The summed E-state index contributed by atoms with van der Waals surface area (Å²) in [6.45, 7) is 0. The fourth-order valence-electron chi connectivity index (χ4n) is 2.64. The van der Waals surface area contributed by atoms with Gasteiger partial charge in [0.25, 0.3) is 6.04 Å². The molecule has 1 aromatic heterocycles. The summed E-state index contributed by atoms with van der Waals surface area (Å²) in [7, 11) is 1.75. The molecule has 0 aliphatic rings. The second-order valence-corrected chi connectivity index (χ2v) is 5.10. The van der Waals surface area contributed by atoms with Crippen LogP contribution in [0.5, 0.6) is 0 Å². The Morgan fingerprint density at radius 2 is 1.77 bits per heavy atom. The van der Waals surface area contributed by atoms with E-state index in [1.54, 1.807) is 41.9 Å². The lowest BCUT2D eigenvalue weighted by molar-refractivity contribution is -0.543. The van der Waals surface area contributed by atoms with Crippen LogP contribution in [-0.4, -0.2) is 19.6 Å². The van der Waals surface area contributed by atoms with Crippen molar-refractivity contribution in [1.82, 2.24) is 9.55 Å². The molecule has 0 amide bonds. The molecule has 2 aromatic carbocycles. The average Bonchev–Trinajstić information content (AvgIpc) is 2.86. The molecule has 6 heteroatoms. The van der Waals surface area contributed by atoms with Crippen molar-refractivity contribution >= 4 is 11.0 Å². The van der Waals surface area contributed by atoms with Gasteiger partial charge < -0.3 is 9.67 Å². The van der Waals surface area contributed by atoms with E-state index in [2.05, 4.69) is 4.98 Å². The molecule has 0 fully saturated rings. The largest absolute Gasteiger partial charge is 0.378 e. The number of benzene rings is 2. The summed E-state index contributed by atoms with van der Waals surface area (Å²) in [6, 6.07) is 14.6. The second-order valence-electron chi connectivity index (χ2n) is 5.10. The number of aliphatic hydroxyl groups is 1. The quantitative estimate of drug-likeness (QED) is 0.593. The molecule has 0 aliphatic heterocycles. The normalized spacial score (nSPS) is 13.9. The van der Waals surface area contributed by atoms with Crippen molar-refractivity contribution in [2.75, 3.05) is 0 Å². The van der Waals surface area contributed by atoms with E-state index in [1.165, 1.54) is 0 Å². The molecule has 2 unspecified atom stereocenters. The van der Waals surface area contributed by atoms with Crippen molar-refractivity contribution in [3.05, 3.63) is 76.1 Å². The van der Waals surface area contributed by atoms with Crippen LogP contribution >= 0.6 is 0 Å². The molecule has 0 aliphatic carbocycles. The van der Waals surface area contributed by atoms with Crippen LogP contribution in [-0.2, 0) is 7.05 Å². The number of hydrogen-bond donors (Lipinski definition) is 1. The summed E-state index contributed by atoms with van der Waals surface area (Å²) in [5.74, 6) is 0.284. The summed E-state index contributed by atoms with van der Waals surface area (Å²) in [5, 5.41) is 22.0. The Balaban J connectivity index is 2.08. The van der Waals surface area contributed by atoms with E-state index in [0.717, 1.165) is 5.52 Å². The first-order valence-corrected chi connectivity index (χ1v) is 6.87. The maximum absolute atomic E-state index is 11.4. The molecule has 2 atom stereocenters. The van der Waals surface area contributed by atoms with Gasteiger partial charge in [-0.25, -0.2) is 4.98 Å². The van der Waals surface area contributed by atoms with Crippen molar-refractivity contribution in [2.24, 2.45) is 7.05 Å². The van der Waals surface area contributed by atoms with Crippen LogP contribution in [0.25, 0.3) is 11.0 Å². The molecule has 3 aromatic rings. The third-order valence-electron chi connectivity index (χ3n) is 3.75. The van der Waals surface area contributed by atoms with Crippen molar-refractivity contribution in [2.45, 2.75) is 12.1 Å². The summed E-state index contributed by atoms with van der Waals surface area (Å²) in [5.41, 5.74) is 1.98. The molecule has 3 rings (SSSR count). The summed E-state index contributed by atoms with van der Waals surface area (Å²) in [6.07, 6.45) is -1.32. The first-order chi connectivity index (χ1) is 10.6. The standard InChI is InChI=1S/C16H15N3O3/c1-18-13-10-6-5-9-12(13)17-16(18)15(20)14(19(21)22)11-7-3-2-4-8-11/h2-10,14-15,20H,1H3. The lowest BCUT2D eigenvalue weighted by atomic mass is 10.0. The Kier molecular flexibility index (Phi) is 3.60. The van der Waals surface area contributed by atoms with Crippen LogP contribution in [0.2, 0.25) is 0 Å². The van der Waals surface area contributed by atoms with Gasteiger partial charge in [0.2, 0.25) is 0 Å². The highest BCUT2D eigenvalue weighted by atomic mass is 16.6. The molecule has 1 N–H and O–H groups in total. The highest BCUT2D eigenvalue weighted by Gasteiger charge is 2.36. The van der Waals surface area contributed by atoms with Gasteiger partial charge in [-0.15, -0.1) is 0 Å². The van der Waals surface area contributed by atoms with Crippen LogP contribution in [0.15, 0.2) is 54.6 Å². The fourth-order valence-corrected chi connectivity index (χ4v) is 2.64. The predicted octanol–water partition coefficient (Wildman–Crippen LogP) is 2.62. The number of aliphatic hydroxyl groups excluding tert-OH is 1. The first kappa shape index (κ1) is 14.2. The minimum atomic E-state index is -1.32. The van der Waals surface area contributed by atoms with Crippen molar-refractivity contribution in [1.29, 1.82) is 0 Å². The number of fused-ring (bicyclic) bond motifs is 1. The molecule has 1 heterocycles. The van der Waals surface area contributed by atoms with Crippen LogP contribution in [0.3, 0.4) is 0 Å². The third kappa shape index (κ3) is 2.33. The van der Waals surface area contributed by atoms with Crippen molar-refractivity contribution in [3.63, 3.8) is 0 Å².